The van der Waals surface area contributed by atoms with Crippen molar-refractivity contribution in [3.8, 4) is 5.75 Å². The molecule has 20 heavy (non-hydrogen) atoms. The first-order valence-electron chi connectivity index (χ1n) is 5.68. The van der Waals surface area contributed by atoms with Crippen LogP contribution in [0.3, 0.4) is 0 Å². The van der Waals surface area contributed by atoms with Gasteiger partial charge >= 0.3 is 0 Å². The molecule has 0 bridgehead atoms. The molecule has 1 unspecified atom stereocenters. The molecule has 2 aromatic rings. The van der Waals surface area contributed by atoms with Crippen LogP contribution in [0.4, 0.5) is 8.78 Å². The SMILES string of the molecule is COc1ccc(Br)c(C(N)c2c(F)ccc(Br)c2F)c1. The number of nitrogens with two attached hydrogens (primary N) is 1. The molecule has 0 aromatic heterocycles. The van der Waals surface area contributed by atoms with Crippen molar-refractivity contribution >= 4 is 31.9 Å². The van der Waals surface area contributed by atoms with Gasteiger partial charge in [0.15, 0.2) is 0 Å². The first-order valence-corrected chi connectivity index (χ1v) is 7.26. The Bertz CT molecular complexity index is 649. The summed E-state index contributed by atoms with van der Waals surface area (Å²) in [6.07, 6.45) is 0. The Hall–Kier alpha value is -0.980. The molecule has 0 saturated carbocycles. The molecule has 0 amide bonds. The Morgan fingerprint density at radius 2 is 1.75 bits per heavy atom. The van der Waals surface area contributed by atoms with Crippen molar-refractivity contribution in [1.82, 2.24) is 0 Å². The lowest BCUT2D eigenvalue weighted by molar-refractivity contribution is 0.413. The molecule has 0 aliphatic rings. The smallest absolute Gasteiger partial charge is 0.145 e. The molecule has 1 atom stereocenters. The minimum absolute atomic E-state index is 0.170. The van der Waals surface area contributed by atoms with Crippen molar-refractivity contribution in [2.24, 2.45) is 5.73 Å². The van der Waals surface area contributed by atoms with Crippen molar-refractivity contribution in [3.63, 3.8) is 0 Å². The molecule has 106 valence electrons. The number of hydrogen-bond acceptors (Lipinski definition) is 2. The Labute approximate surface area is 132 Å². The van der Waals surface area contributed by atoms with E-state index < -0.39 is 17.7 Å². The zero-order valence-electron chi connectivity index (χ0n) is 10.5. The van der Waals surface area contributed by atoms with Gasteiger partial charge in [0.1, 0.15) is 17.4 Å². The lowest BCUT2D eigenvalue weighted by Crippen LogP contribution is -2.16. The minimum atomic E-state index is -0.947. The zero-order valence-corrected chi connectivity index (χ0v) is 13.6. The first kappa shape index (κ1) is 15.4. The van der Waals surface area contributed by atoms with E-state index in [9.17, 15) is 8.78 Å². The van der Waals surface area contributed by atoms with Gasteiger partial charge in [-0.05, 0) is 51.8 Å². The van der Waals surface area contributed by atoms with E-state index in [2.05, 4.69) is 31.9 Å². The van der Waals surface area contributed by atoms with Gasteiger partial charge in [0.05, 0.1) is 17.6 Å². The van der Waals surface area contributed by atoms with E-state index in [0.29, 0.717) is 15.8 Å². The number of ether oxygens (including phenoxy) is 1. The molecular weight excluding hydrogens is 396 g/mol. The van der Waals surface area contributed by atoms with Gasteiger partial charge in [0, 0.05) is 10.0 Å². The third kappa shape index (κ3) is 2.87. The van der Waals surface area contributed by atoms with Gasteiger partial charge in [0.25, 0.3) is 0 Å². The fourth-order valence-electron chi connectivity index (χ4n) is 1.87. The first-order chi connectivity index (χ1) is 9.45. The van der Waals surface area contributed by atoms with E-state index in [1.165, 1.54) is 19.2 Å². The van der Waals surface area contributed by atoms with E-state index in [1.807, 2.05) is 0 Å². The van der Waals surface area contributed by atoms with Crippen LogP contribution in [0.5, 0.6) is 5.75 Å². The normalized spacial score (nSPS) is 12.3. The molecule has 0 spiro atoms. The van der Waals surface area contributed by atoms with Gasteiger partial charge in [0.2, 0.25) is 0 Å². The maximum atomic E-state index is 14.1. The number of rotatable bonds is 3. The van der Waals surface area contributed by atoms with Crippen LogP contribution in [-0.2, 0) is 0 Å². The highest BCUT2D eigenvalue weighted by atomic mass is 79.9. The number of hydrogen-bond donors (Lipinski definition) is 1. The Balaban J connectivity index is 2.57. The summed E-state index contributed by atoms with van der Waals surface area (Å²) >= 11 is 6.37. The van der Waals surface area contributed by atoms with E-state index in [0.717, 1.165) is 0 Å². The minimum Gasteiger partial charge on any atom is -0.497 e. The highest BCUT2D eigenvalue weighted by Crippen LogP contribution is 2.34. The van der Waals surface area contributed by atoms with E-state index in [1.54, 1.807) is 18.2 Å². The lowest BCUT2D eigenvalue weighted by atomic mass is 9.98. The van der Waals surface area contributed by atoms with Crippen molar-refractivity contribution in [2.45, 2.75) is 6.04 Å². The number of methoxy groups -OCH3 is 1. The van der Waals surface area contributed by atoms with Crippen molar-refractivity contribution in [3.05, 3.63) is 62.0 Å². The number of benzene rings is 2. The molecule has 0 saturated heterocycles. The molecule has 2 aromatic carbocycles. The standard InChI is InChI=1S/C14H11Br2F2NO/c1-20-7-2-3-9(15)8(6-7)14(19)12-11(17)5-4-10(16)13(12)18/h2-6,14H,19H2,1H3. The summed E-state index contributed by atoms with van der Waals surface area (Å²) in [6.45, 7) is 0. The van der Waals surface area contributed by atoms with Crippen molar-refractivity contribution in [2.75, 3.05) is 7.11 Å². The summed E-state index contributed by atoms with van der Waals surface area (Å²) in [5.41, 5.74) is 6.38. The Kier molecular flexibility index (Phi) is 4.78. The van der Waals surface area contributed by atoms with E-state index in [4.69, 9.17) is 10.5 Å². The van der Waals surface area contributed by atoms with Crippen LogP contribution in [0.1, 0.15) is 17.2 Å². The highest BCUT2D eigenvalue weighted by molar-refractivity contribution is 9.10. The van der Waals surface area contributed by atoms with Crippen LogP contribution in [-0.4, -0.2) is 7.11 Å². The molecule has 0 aliphatic heterocycles. The van der Waals surface area contributed by atoms with Crippen LogP contribution in [0.25, 0.3) is 0 Å². The Morgan fingerprint density at radius 1 is 1.10 bits per heavy atom. The summed E-state index contributed by atoms with van der Waals surface area (Å²) in [5.74, 6) is -0.824. The predicted octanol–water partition coefficient (Wildman–Crippen LogP) is 4.55. The van der Waals surface area contributed by atoms with E-state index >= 15 is 0 Å². The van der Waals surface area contributed by atoms with Gasteiger partial charge in [-0.25, -0.2) is 8.78 Å². The zero-order chi connectivity index (χ0) is 14.9. The second-order valence-corrected chi connectivity index (χ2v) is 5.83. The van der Waals surface area contributed by atoms with Gasteiger partial charge in [-0.3, -0.25) is 0 Å². The van der Waals surface area contributed by atoms with Gasteiger partial charge < -0.3 is 10.5 Å². The second kappa shape index (κ2) is 6.20. The summed E-state index contributed by atoms with van der Waals surface area (Å²) in [7, 11) is 1.51. The van der Waals surface area contributed by atoms with Crippen LogP contribution in [0, 0.1) is 11.6 Å². The largest absolute Gasteiger partial charge is 0.497 e. The molecule has 0 fully saturated rings. The molecule has 2 N–H and O–H groups in total. The van der Waals surface area contributed by atoms with Crippen LogP contribution < -0.4 is 10.5 Å². The third-order valence-electron chi connectivity index (χ3n) is 2.93. The van der Waals surface area contributed by atoms with Crippen molar-refractivity contribution < 1.29 is 13.5 Å². The predicted molar refractivity (Wildman–Crippen MR) is 80.8 cm³/mol. The monoisotopic (exact) mass is 405 g/mol. The third-order valence-corrected chi connectivity index (χ3v) is 4.26. The van der Waals surface area contributed by atoms with Gasteiger partial charge in [-0.2, -0.15) is 0 Å². The fraction of sp³-hybridized carbons (Fsp3) is 0.143. The summed E-state index contributed by atoms with van der Waals surface area (Å²) in [5, 5.41) is 0. The van der Waals surface area contributed by atoms with Gasteiger partial charge in [-0.1, -0.05) is 15.9 Å². The molecular formula is C14H11Br2F2NO. The quantitative estimate of drug-likeness (QED) is 0.759. The fourth-order valence-corrected chi connectivity index (χ4v) is 2.71. The summed E-state index contributed by atoms with van der Waals surface area (Å²) in [4.78, 5) is 0. The number of halogens is 4. The van der Waals surface area contributed by atoms with Crippen LogP contribution in [0.2, 0.25) is 0 Å². The van der Waals surface area contributed by atoms with E-state index in [-0.39, 0.29) is 10.0 Å². The van der Waals surface area contributed by atoms with Gasteiger partial charge in [-0.15, -0.1) is 0 Å². The summed E-state index contributed by atoms with van der Waals surface area (Å²) < 4.78 is 33.9. The average molecular weight is 407 g/mol. The molecule has 0 aliphatic carbocycles. The molecule has 2 rings (SSSR count). The molecule has 0 radical (unpaired) electrons. The molecule has 6 heteroatoms. The topological polar surface area (TPSA) is 35.2 Å². The maximum absolute atomic E-state index is 14.1. The lowest BCUT2D eigenvalue weighted by Gasteiger charge is -2.17. The summed E-state index contributed by atoms with van der Waals surface area (Å²) in [6, 6.07) is 6.64. The van der Waals surface area contributed by atoms with Crippen LogP contribution in [0.15, 0.2) is 39.3 Å². The van der Waals surface area contributed by atoms with Crippen molar-refractivity contribution in [1.29, 1.82) is 0 Å². The maximum Gasteiger partial charge on any atom is 0.145 e. The highest BCUT2D eigenvalue weighted by Gasteiger charge is 2.22. The van der Waals surface area contributed by atoms with Crippen LogP contribution >= 0.6 is 31.9 Å². The molecule has 0 heterocycles. The molecule has 2 nitrogen and oxygen atoms in total. The average Bonchev–Trinajstić information content (AvgIpc) is 2.43. The second-order valence-electron chi connectivity index (χ2n) is 4.12. The Morgan fingerprint density at radius 3 is 2.40 bits per heavy atom.